The van der Waals surface area contributed by atoms with E-state index in [2.05, 4.69) is 20.6 Å². The number of hydrogen-bond donors (Lipinski definition) is 2. The Morgan fingerprint density at radius 2 is 1.73 bits per heavy atom. The molecule has 2 rings (SSSR count). The zero-order valence-corrected chi connectivity index (χ0v) is 12.1. The fourth-order valence-electron chi connectivity index (χ4n) is 1.71. The predicted octanol–water partition coefficient (Wildman–Crippen LogP) is 0.645. The molecular formula is C15H16N4O3. The summed E-state index contributed by atoms with van der Waals surface area (Å²) in [6, 6.07) is 10.3. The van der Waals surface area contributed by atoms with Crippen LogP contribution in [0.3, 0.4) is 0 Å². The minimum Gasteiger partial charge on any atom is -0.481 e. The molecule has 0 unspecified atom stereocenters. The van der Waals surface area contributed by atoms with Gasteiger partial charge in [-0.3, -0.25) is 9.59 Å². The Labute approximate surface area is 127 Å². The van der Waals surface area contributed by atoms with Crippen molar-refractivity contribution in [1.29, 1.82) is 0 Å². The van der Waals surface area contributed by atoms with Gasteiger partial charge in [-0.25, -0.2) is 9.97 Å². The normalized spacial score (nSPS) is 9.86. The molecule has 1 heterocycles. The summed E-state index contributed by atoms with van der Waals surface area (Å²) in [5.41, 5.74) is 0.788. The number of benzene rings is 1. The Hall–Kier alpha value is -2.96. The summed E-state index contributed by atoms with van der Waals surface area (Å²) in [4.78, 5) is 31.3. The molecule has 0 atom stereocenters. The molecule has 114 valence electrons. The maximum absolute atomic E-state index is 11.9. The van der Waals surface area contributed by atoms with Gasteiger partial charge in [0.2, 0.25) is 5.88 Å². The van der Waals surface area contributed by atoms with Crippen LogP contribution in [0.25, 0.3) is 0 Å². The third-order valence-electron chi connectivity index (χ3n) is 2.82. The van der Waals surface area contributed by atoms with Gasteiger partial charge in [0.25, 0.3) is 11.8 Å². The number of methoxy groups -OCH3 is 1. The SMILES string of the molecule is COc1cc(C(=O)NCCNC(=O)c2ccccc2)ncn1. The van der Waals surface area contributed by atoms with Gasteiger partial charge in [0.05, 0.1) is 7.11 Å². The van der Waals surface area contributed by atoms with Crippen LogP contribution in [0.15, 0.2) is 42.7 Å². The van der Waals surface area contributed by atoms with Crippen LogP contribution in [0.5, 0.6) is 5.88 Å². The number of aromatic nitrogens is 2. The van der Waals surface area contributed by atoms with E-state index < -0.39 is 0 Å². The molecule has 0 aliphatic heterocycles. The first-order chi connectivity index (χ1) is 10.7. The molecule has 22 heavy (non-hydrogen) atoms. The summed E-state index contributed by atoms with van der Waals surface area (Å²) >= 11 is 0. The van der Waals surface area contributed by atoms with Crippen molar-refractivity contribution >= 4 is 11.8 Å². The Kier molecular flexibility index (Phi) is 5.42. The summed E-state index contributed by atoms with van der Waals surface area (Å²) in [7, 11) is 1.46. The number of carbonyl (C=O) groups is 2. The third-order valence-corrected chi connectivity index (χ3v) is 2.82. The molecule has 0 bridgehead atoms. The first-order valence-electron chi connectivity index (χ1n) is 6.68. The average molecular weight is 300 g/mol. The van der Waals surface area contributed by atoms with Gasteiger partial charge in [0, 0.05) is 24.7 Å². The Morgan fingerprint density at radius 3 is 2.41 bits per heavy atom. The van der Waals surface area contributed by atoms with Gasteiger partial charge < -0.3 is 15.4 Å². The number of carbonyl (C=O) groups excluding carboxylic acids is 2. The van der Waals surface area contributed by atoms with Crippen molar-refractivity contribution in [2.75, 3.05) is 20.2 Å². The number of hydrogen-bond acceptors (Lipinski definition) is 5. The Bertz CT molecular complexity index is 646. The third kappa shape index (κ3) is 4.27. The van der Waals surface area contributed by atoms with E-state index in [1.54, 1.807) is 24.3 Å². The average Bonchev–Trinajstić information content (AvgIpc) is 2.59. The molecule has 2 N–H and O–H groups in total. The van der Waals surface area contributed by atoms with Gasteiger partial charge in [-0.2, -0.15) is 0 Å². The molecule has 2 aromatic rings. The van der Waals surface area contributed by atoms with Crippen LogP contribution in [0.4, 0.5) is 0 Å². The van der Waals surface area contributed by atoms with Gasteiger partial charge in [0.15, 0.2) is 0 Å². The van der Waals surface area contributed by atoms with Crippen LogP contribution in [0.1, 0.15) is 20.8 Å². The standard InChI is InChI=1S/C15H16N4O3/c1-22-13-9-12(18-10-19-13)15(21)17-8-7-16-14(20)11-5-3-2-4-6-11/h2-6,9-10H,7-8H2,1H3,(H,16,20)(H,17,21). The van der Waals surface area contributed by atoms with Crippen LogP contribution < -0.4 is 15.4 Å². The van der Waals surface area contributed by atoms with Gasteiger partial charge in [-0.15, -0.1) is 0 Å². The van der Waals surface area contributed by atoms with E-state index in [9.17, 15) is 9.59 Å². The summed E-state index contributed by atoms with van der Waals surface area (Å²) in [6.07, 6.45) is 1.25. The van der Waals surface area contributed by atoms with E-state index in [1.165, 1.54) is 19.5 Å². The van der Waals surface area contributed by atoms with Crippen LogP contribution in [-0.4, -0.2) is 42.0 Å². The molecule has 1 aromatic heterocycles. The van der Waals surface area contributed by atoms with E-state index in [1.807, 2.05) is 6.07 Å². The highest BCUT2D eigenvalue weighted by Gasteiger charge is 2.09. The molecule has 0 radical (unpaired) electrons. The molecule has 0 spiro atoms. The van der Waals surface area contributed by atoms with Gasteiger partial charge in [-0.1, -0.05) is 18.2 Å². The molecule has 0 aliphatic rings. The van der Waals surface area contributed by atoms with E-state index in [0.29, 0.717) is 24.5 Å². The second-order valence-electron chi connectivity index (χ2n) is 4.32. The number of nitrogens with zero attached hydrogens (tertiary/aromatic N) is 2. The molecule has 0 saturated carbocycles. The van der Waals surface area contributed by atoms with Crippen LogP contribution >= 0.6 is 0 Å². The molecule has 7 heteroatoms. The molecule has 0 saturated heterocycles. The van der Waals surface area contributed by atoms with Crippen molar-refractivity contribution in [3.05, 3.63) is 54.0 Å². The van der Waals surface area contributed by atoms with E-state index in [-0.39, 0.29) is 17.5 Å². The van der Waals surface area contributed by atoms with Crippen LogP contribution in [-0.2, 0) is 0 Å². The first kappa shape index (κ1) is 15.4. The van der Waals surface area contributed by atoms with Crippen molar-refractivity contribution in [3.63, 3.8) is 0 Å². The minimum atomic E-state index is -0.352. The van der Waals surface area contributed by atoms with Crippen LogP contribution in [0.2, 0.25) is 0 Å². The fourth-order valence-corrected chi connectivity index (χ4v) is 1.71. The first-order valence-corrected chi connectivity index (χ1v) is 6.68. The van der Waals surface area contributed by atoms with E-state index in [0.717, 1.165) is 0 Å². The van der Waals surface area contributed by atoms with Gasteiger partial charge in [0.1, 0.15) is 12.0 Å². The summed E-state index contributed by atoms with van der Waals surface area (Å²) in [5.74, 6) is -0.217. The number of ether oxygens (including phenoxy) is 1. The Morgan fingerprint density at radius 1 is 1.05 bits per heavy atom. The monoisotopic (exact) mass is 300 g/mol. The van der Waals surface area contributed by atoms with Crippen molar-refractivity contribution in [2.24, 2.45) is 0 Å². The van der Waals surface area contributed by atoms with Crippen molar-refractivity contribution < 1.29 is 14.3 Å². The second kappa shape index (κ2) is 7.72. The largest absolute Gasteiger partial charge is 0.481 e. The van der Waals surface area contributed by atoms with Crippen LogP contribution in [0, 0.1) is 0 Å². The smallest absolute Gasteiger partial charge is 0.270 e. The summed E-state index contributed by atoms with van der Waals surface area (Å²) < 4.78 is 4.92. The summed E-state index contributed by atoms with van der Waals surface area (Å²) in [5, 5.41) is 5.37. The van der Waals surface area contributed by atoms with E-state index in [4.69, 9.17) is 4.74 Å². The fraction of sp³-hybridized carbons (Fsp3) is 0.200. The highest BCUT2D eigenvalue weighted by Crippen LogP contribution is 2.05. The summed E-state index contributed by atoms with van der Waals surface area (Å²) in [6.45, 7) is 0.616. The molecule has 0 aliphatic carbocycles. The zero-order valence-electron chi connectivity index (χ0n) is 12.1. The number of amides is 2. The number of nitrogens with one attached hydrogen (secondary N) is 2. The molecule has 1 aromatic carbocycles. The lowest BCUT2D eigenvalue weighted by Gasteiger charge is -2.07. The van der Waals surface area contributed by atoms with Gasteiger partial charge >= 0.3 is 0 Å². The highest BCUT2D eigenvalue weighted by atomic mass is 16.5. The van der Waals surface area contributed by atoms with Gasteiger partial charge in [-0.05, 0) is 12.1 Å². The molecule has 7 nitrogen and oxygen atoms in total. The predicted molar refractivity (Wildman–Crippen MR) is 79.7 cm³/mol. The van der Waals surface area contributed by atoms with Crippen molar-refractivity contribution in [2.45, 2.75) is 0 Å². The molecule has 0 fully saturated rings. The lowest BCUT2D eigenvalue weighted by molar-refractivity contribution is 0.0925. The maximum Gasteiger partial charge on any atom is 0.270 e. The topological polar surface area (TPSA) is 93.2 Å². The molecular weight excluding hydrogens is 284 g/mol. The van der Waals surface area contributed by atoms with Crippen molar-refractivity contribution in [1.82, 2.24) is 20.6 Å². The quantitative estimate of drug-likeness (QED) is 0.764. The Balaban J connectivity index is 1.76. The zero-order chi connectivity index (χ0) is 15.8. The maximum atomic E-state index is 11.9. The second-order valence-corrected chi connectivity index (χ2v) is 4.32. The van der Waals surface area contributed by atoms with Crippen molar-refractivity contribution in [3.8, 4) is 5.88 Å². The van der Waals surface area contributed by atoms with E-state index >= 15 is 0 Å². The minimum absolute atomic E-state index is 0.182. The highest BCUT2D eigenvalue weighted by molar-refractivity contribution is 5.94. The lowest BCUT2D eigenvalue weighted by atomic mass is 10.2. The lowest BCUT2D eigenvalue weighted by Crippen LogP contribution is -2.35. The molecule has 2 amide bonds. The number of rotatable bonds is 6.